The molecule has 0 saturated heterocycles. The van der Waals surface area contributed by atoms with Crippen LogP contribution in [-0.4, -0.2) is 16.0 Å². The second kappa shape index (κ2) is 7.79. The predicted octanol–water partition coefficient (Wildman–Crippen LogP) is 5.30. The molecule has 0 aliphatic carbocycles. The number of rotatable bonds is 5. The zero-order chi connectivity index (χ0) is 18.5. The third-order valence-corrected chi connectivity index (χ3v) is 4.23. The van der Waals surface area contributed by atoms with Crippen molar-refractivity contribution in [1.82, 2.24) is 9.78 Å². The SMILES string of the molecule is Fc1ccc(CN=Cc2cn(-c3ccccc3)nc2-c2ccccc2)cc1. The summed E-state index contributed by atoms with van der Waals surface area (Å²) in [7, 11) is 0. The van der Waals surface area contributed by atoms with Gasteiger partial charge in [-0.3, -0.25) is 4.99 Å². The maximum Gasteiger partial charge on any atom is 0.123 e. The number of para-hydroxylation sites is 1. The normalized spacial score (nSPS) is 11.1. The lowest BCUT2D eigenvalue weighted by atomic mass is 10.1. The number of nitrogens with zero attached hydrogens (tertiary/aromatic N) is 3. The fourth-order valence-corrected chi connectivity index (χ4v) is 2.85. The van der Waals surface area contributed by atoms with Crippen LogP contribution >= 0.6 is 0 Å². The molecule has 4 rings (SSSR count). The van der Waals surface area contributed by atoms with Crippen molar-refractivity contribution in [2.45, 2.75) is 6.54 Å². The van der Waals surface area contributed by atoms with E-state index in [1.807, 2.05) is 77.8 Å². The van der Waals surface area contributed by atoms with Crippen LogP contribution in [0.4, 0.5) is 4.39 Å². The van der Waals surface area contributed by atoms with Gasteiger partial charge in [-0.2, -0.15) is 5.10 Å². The Morgan fingerprint density at radius 1 is 0.852 bits per heavy atom. The van der Waals surface area contributed by atoms with E-state index in [-0.39, 0.29) is 5.82 Å². The lowest BCUT2D eigenvalue weighted by Gasteiger charge is -2.00. The molecule has 132 valence electrons. The molecule has 0 saturated carbocycles. The lowest BCUT2D eigenvalue weighted by molar-refractivity contribution is 0.627. The van der Waals surface area contributed by atoms with Crippen molar-refractivity contribution in [3.8, 4) is 16.9 Å². The van der Waals surface area contributed by atoms with Crippen LogP contribution in [0.2, 0.25) is 0 Å². The quantitative estimate of drug-likeness (QED) is 0.447. The van der Waals surface area contributed by atoms with E-state index in [1.54, 1.807) is 12.1 Å². The van der Waals surface area contributed by atoms with Crippen molar-refractivity contribution in [3.63, 3.8) is 0 Å². The lowest BCUT2D eigenvalue weighted by Crippen LogP contribution is -1.93. The van der Waals surface area contributed by atoms with E-state index in [9.17, 15) is 4.39 Å². The molecule has 3 aromatic carbocycles. The average Bonchev–Trinajstić information content (AvgIpc) is 3.15. The molecule has 0 aliphatic heterocycles. The monoisotopic (exact) mass is 355 g/mol. The molecular weight excluding hydrogens is 337 g/mol. The zero-order valence-electron chi connectivity index (χ0n) is 14.7. The molecule has 27 heavy (non-hydrogen) atoms. The maximum absolute atomic E-state index is 13.0. The van der Waals surface area contributed by atoms with Crippen molar-refractivity contribution in [3.05, 3.63) is 108 Å². The molecule has 0 unspecified atom stereocenters. The Bertz CT molecular complexity index is 1040. The molecule has 3 nitrogen and oxygen atoms in total. The minimum absolute atomic E-state index is 0.238. The first kappa shape index (κ1) is 16.9. The molecular formula is C23H18FN3. The van der Waals surface area contributed by atoms with Gasteiger partial charge in [-0.25, -0.2) is 9.07 Å². The first-order valence-corrected chi connectivity index (χ1v) is 8.74. The van der Waals surface area contributed by atoms with Crippen LogP contribution in [-0.2, 0) is 6.54 Å². The summed E-state index contributed by atoms with van der Waals surface area (Å²) < 4.78 is 14.9. The Hall–Kier alpha value is -3.53. The molecule has 0 amide bonds. The molecule has 0 N–H and O–H groups in total. The van der Waals surface area contributed by atoms with Crippen LogP contribution in [0, 0.1) is 5.82 Å². The molecule has 1 aromatic heterocycles. The summed E-state index contributed by atoms with van der Waals surface area (Å²) in [5.74, 6) is -0.238. The van der Waals surface area contributed by atoms with Crippen LogP contribution in [0.3, 0.4) is 0 Å². The summed E-state index contributed by atoms with van der Waals surface area (Å²) in [6.45, 7) is 0.491. The Kier molecular flexibility index (Phi) is 4.88. The minimum Gasteiger partial charge on any atom is -0.288 e. The smallest absolute Gasteiger partial charge is 0.123 e. The van der Waals surface area contributed by atoms with Gasteiger partial charge in [-0.05, 0) is 29.8 Å². The van der Waals surface area contributed by atoms with E-state index >= 15 is 0 Å². The van der Waals surface area contributed by atoms with Crippen molar-refractivity contribution in [2.24, 2.45) is 4.99 Å². The van der Waals surface area contributed by atoms with Crippen molar-refractivity contribution < 1.29 is 4.39 Å². The second-order valence-electron chi connectivity index (χ2n) is 6.18. The van der Waals surface area contributed by atoms with E-state index in [1.165, 1.54) is 12.1 Å². The predicted molar refractivity (Wildman–Crippen MR) is 107 cm³/mol. The molecule has 0 fully saturated rings. The highest BCUT2D eigenvalue weighted by Gasteiger charge is 2.10. The first-order chi connectivity index (χ1) is 13.3. The summed E-state index contributed by atoms with van der Waals surface area (Å²) >= 11 is 0. The highest BCUT2D eigenvalue weighted by atomic mass is 19.1. The summed E-state index contributed by atoms with van der Waals surface area (Å²) in [6, 6.07) is 26.4. The third-order valence-electron chi connectivity index (χ3n) is 4.23. The number of hydrogen-bond donors (Lipinski definition) is 0. The van der Waals surface area contributed by atoms with Gasteiger partial charge >= 0.3 is 0 Å². The van der Waals surface area contributed by atoms with Gasteiger partial charge in [-0.1, -0.05) is 60.7 Å². The summed E-state index contributed by atoms with van der Waals surface area (Å²) in [5.41, 5.74) is 4.81. The highest BCUT2D eigenvalue weighted by molar-refractivity contribution is 5.88. The standard InChI is InChI=1S/C23H18FN3/c24-21-13-11-18(12-14-21)15-25-16-20-17-27(22-9-5-2-6-10-22)26-23(20)19-7-3-1-4-8-19/h1-14,16-17H,15H2. The molecule has 0 aliphatic rings. The minimum atomic E-state index is -0.238. The highest BCUT2D eigenvalue weighted by Crippen LogP contribution is 2.22. The number of benzene rings is 3. The van der Waals surface area contributed by atoms with Crippen LogP contribution in [0.1, 0.15) is 11.1 Å². The molecule has 0 atom stereocenters. The summed E-state index contributed by atoms with van der Waals surface area (Å²) in [5, 5.41) is 4.76. The van der Waals surface area contributed by atoms with E-state index in [2.05, 4.69) is 4.99 Å². The molecule has 1 heterocycles. The largest absolute Gasteiger partial charge is 0.288 e. The fraction of sp³-hybridized carbons (Fsp3) is 0.0435. The van der Waals surface area contributed by atoms with Gasteiger partial charge in [0.2, 0.25) is 0 Å². The maximum atomic E-state index is 13.0. The van der Waals surface area contributed by atoms with Gasteiger partial charge in [0.1, 0.15) is 11.5 Å². The zero-order valence-corrected chi connectivity index (χ0v) is 14.7. The van der Waals surface area contributed by atoms with Gasteiger partial charge in [0.25, 0.3) is 0 Å². The van der Waals surface area contributed by atoms with Gasteiger partial charge in [0, 0.05) is 23.5 Å². The molecule has 0 radical (unpaired) electrons. The van der Waals surface area contributed by atoms with Crippen molar-refractivity contribution in [1.29, 1.82) is 0 Å². The van der Waals surface area contributed by atoms with E-state index in [0.717, 1.165) is 28.1 Å². The first-order valence-electron chi connectivity index (χ1n) is 8.74. The van der Waals surface area contributed by atoms with Crippen LogP contribution in [0.25, 0.3) is 16.9 Å². The van der Waals surface area contributed by atoms with Crippen molar-refractivity contribution in [2.75, 3.05) is 0 Å². The molecule has 0 spiro atoms. The van der Waals surface area contributed by atoms with Crippen LogP contribution < -0.4 is 0 Å². The van der Waals surface area contributed by atoms with Crippen LogP contribution in [0.5, 0.6) is 0 Å². The Morgan fingerprint density at radius 3 is 2.22 bits per heavy atom. The number of aromatic nitrogens is 2. The Morgan fingerprint density at radius 2 is 1.52 bits per heavy atom. The third kappa shape index (κ3) is 4.01. The van der Waals surface area contributed by atoms with E-state index < -0.39 is 0 Å². The fourth-order valence-electron chi connectivity index (χ4n) is 2.85. The second-order valence-corrected chi connectivity index (χ2v) is 6.18. The number of aliphatic imine (C=N–C) groups is 1. The van der Waals surface area contributed by atoms with E-state index in [0.29, 0.717) is 6.54 Å². The van der Waals surface area contributed by atoms with Gasteiger partial charge in [0.15, 0.2) is 0 Å². The summed E-state index contributed by atoms with van der Waals surface area (Å²) in [4.78, 5) is 4.53. The average molecular weight is 355 g/mol. The number of hydrogen-bond acceptors (Lipinski definition) is 2. The van der Waals surface area contributed by atoms with E-state index in [4.69, 9.17) is 5.10 Å². The molecule has 4 aromatic rings. The summed E-state index contributed by atoms with van der Waals surface area (Å²) in [6.07, 6.45) is 3.81. The topological polar surface area (TPSA) is 30.2 Å². The van der Waals surface area contributed by atoms with Gasteiger partial charge in [0.05, 0.1) is 12.2 Å². The van der Waals surface area contributed by atoms with Gasteiger partial charge < -0.3 is 0 Å². The molecule has 0 bridgehead atoms. The van der Waals surface area contributed by atoms with Crippen LogP contribution in [0.15, 0.2) is 96.1 Å². The Labute approximate surface area is 157 Å². The molecule has 4 heteroatoms. The number of halogens is 1. The Balaban J connectivity index is 1.66. The van der Waals surface area contributed by atoms with Gasteiger partial charge in [-0.15, -0.1) is 0 Å². The van der Waals surface area contributed by atoms with Crippen molar-refractivity contribution >= 4 is 6.21 Å².